The monoisotopic (exact) mass is 338 g/mol. The number of carbonyl (C=O) groups excluding carboxylic acids is 1. The van der Waals surface area contributed by atoms with Gasteiger partial charge in [-0.15, -0.1) is 0 Å². The number of nitrogens with one attached hydrogen (secondary N) is 1. The number of aryl methyl sites for hydroxylation is 1. The van der Waals surface area contributed by atoms with Crippen LogP contribution in [0.15, 0.2) is 23.1 Å². The van der Waals surface area contributed by atoms with E-state index in [9.17, 15) is 18.0 Å². The molecule has 1 amide bonds. The molecule has 1 atom stereocenters. The molecule has 1 aromatic rings. The van der Waals surface area contributed by atoms with E-state index < -0.39 is 21.9 Å². The molecule has 124 valence electrons. The summed E-state index contributed by atoms with van der Waals surface area (Å²) < 4.78 is 26.8. The summed E-state index contributed by atoms with van der Waals surface area (Å²) >= 11 is 0. The zero-order valence-electron chi connectivity index (χ0n) is 12.5. The summed E-state index contributed by atoms with van der Waals surface area (Å²) in [5.41, 5.74) is 1.43. The first-order valence-corrected chi connectivity index (χ1v) is 8.97. The van der Waals surface area contributed by atoms with Crippen LogP contribution in [-0.4, -0.2) is 42.8 Å². The third-order valence-corrected chi connectivity index (χ3v) is 6.20. The van der Waals surface area contributed by atoms with Crippen LogP contribution >= 0.6 is 0 Å². The van der Waals surface area contributed by atoms with Crippen molar-refractivity contribution < 1.29 is 23.1 Å². The Balaban J connectivity index is 1.88. The van der Waals surface area contributed by atoms with Crippen molar-refractivity contribution in [3.63, 3.8) is 0 Å². The summed E-state index contributed by atoms with van der Waals surface area (Å²) in [6.45, 7) is 0.339. The first-order chi connectivity index (χ1) is 10.9. The quantitative estimate of drug-likeness (QED) is 0.857. The average molecular weight is 338 g/mol. The minimum atomic E-state index is -3.72. The molecule has 0 bridgehead atoms. The van der Waals surface area contributed by atoms with E-state index in [1.165, 1.54) is 10.4 Å². The van der Waals surface area contributed by atoms with Crippen molar-refractivity contribution in [3.05, 3.63) is 23.8 Å². The van der Waals surface area contributed by atoms with E-state index in [1.54, 1.807) is 12.1 Å². The smallest absolute Gasteiger partial charge is 0.307 e. The minimum Gasteiger partial charge on any atom is -0.481 e. The molecule has 2 N–H and O–H groups in total. The maximum atomic E-state index is 12.8. The fourth-order valence-corrected chi connectivity index (χ4v) is 4.61. The number of rotatable bonds is 3. The van der Waals surface area contributed by atoms with E-state index in [-0.39, 0.29) is 17.3 Å². The Kier molecular flexibility index (Phi) is 4.11. The van der Waals surface area contributed by atoms with Gasteiger partial charge in [0, 0.05) is 25.2 Å². The lowest BCUT2D eigenvalue weighted by molar-refractivity contribution is -0.142. The summed E-state index contributed by atoms with van der Waals surface area (Å²) in [4.78, 5) is 22.6. The van der Waals surface area contributed by atoms with Gasteiger partial charge in [0.2, 0.25) is 15.9 Å². The predicted molar refractivity (Wildman–Crippen MR) is 82.5 cm³/mol. The summed E-state index contributed by atoms with van der Waals surface area (Å²) in [5.74, 6) is -1.69. The van der Waals surface area contributed by atoms with Crippen molar-refractivity contribution in [1.82, 2.24) is 4.31 Å². The maximum absolute atomic E-state index is 12.8. The standard InChI is InChI=1S/C15H18N2O5S/c18-14-6-3-10-8-12(4-5-13(10)16-14)23(21,22)17-7-1-2-11(9-17)15(19)20/h4-5,8,11H,1-3,6-7,9H2,(H,16,18)(H,19,20)/t11-/m1/s1. The fraction of sp³-hybridized carbons (Fsp3) is 0.467. The first kappa shape index (κ1) is 15.9. The molecule has 1 fully saturated rings. The Morgan fingerprint density at radius 3 is 2.83 bits per heavy atom. The second-order valence-electron chi connectivity index (χ2n) is 5.91. The number of nitrogens with zero attached hydrogens (tertiary/aromatic N) is 1. The number of anilines is 1. The third-order valence-electron chi connectivity index (χ3n) is 4.34. The molecule has 8 heteroatoms. The Morgan fingerprint density at radius 1 is 1.30 bits per heavy atom. The Morgan fingerprint density at radius 2 is 2.09 bits per heavy atom. The molecule has 2 aliphatic rings. The van der Waals surface area contributed by atoms with E-state index in [2.05, 4.69) is 5.32 Å². The molecule has 0 unspecified atom stereocenters. The summed E-state index contributed by atoms with van der Waals surface area (Å²) in [5, 5.41) is 11.8. The van der Waals surface area contributed by atoms with Gasteiger partial charge >= 0.3 is 5.97 Å². The van der Waals surface area contributed by atoms with Crippen LogP contribution in [0.3, 0.4) is 0 Å². The van der Waals surface area contributed by atoms with Crippen LogP contribution in [0.25, 0.3) is 0 Å². The van der Waals surface area contributed by atoms with E-state index in [4.69, 9.17) is 5.11 Å². The molecule has 0 saturated carbocycles. The van der Waals surface area contributed by atoms with Crippen molar-refractivity contribution in [2.45, 2.75) is 30.6 Å². The fourth-order valence-electron chi connectivity index (χ4n) is 3.03. The van der Waals surface area contributed by atoms with Crippen molar-refractivity contribution in [1.29, 1.82) is 0 Å². The number of fused-ring (bicyclic) bond motifs is 1. The topological polar surface area (TPSA) is 104 Å². The molecule has 2 heterocycles. The number of amides is 1. The van der Waals surface area contributed by atoms with E-state index in [1.807, 2.05) is 0 Å². The molecule has 7 nitrogen and oxygen atoms in total. The van der Waals surface area contributed by atoms with Gasteiger partial charge in [-0.1, -0.05) is 0 Å². The van der Waals surface area contributed by atoms with Crippen LogP contribution in [0, 0.1) is 5.92 Å². The second kappa shape index (κ2) is 5.93. The minimum absolute atomic E-state index is 0.00544. The number of aliphatic carboxylic acids is 1. The van der Waals surface area contributed by atoms with Crippen LogP contribution < -0.4 is 5.32 Å². The largest absolute Gasteiger partial charge is 0.481 e. The van der Waals surface area contributed by atoms with E-state index >= 15 is 0 Å². The number of hydrogen-bond donors (Lipinski definition) is 2. The highest BCUT2D eigenvalue weighted by atomic mass is 32.2. The van der Waals surface area contributed by atoms with Gasteiger partial charge in [0.25, 0.3) is 0 Å². The number of sulfonamides is 1. The number of hydrogen-bond acceptors (Lipinski definition) is 4. The molecule has 0 spiro atoms. The molecule has 0 aliphatic carbocycles. The highest BCUT2D eigenvalue weighted by Gasteiger charge is 2.33. The lowest BCUT2D eigenvalue weighted by atomic mass is 10.0. The van der Waals surface area contributed by atoms with Gasteiger partial charge in [0.05, 0.1) is 10.8 Å². The molecular weight excluding hydrogens is 320 g/mol. The molecule has 1 saturated heterocycles. The van der Waals surface area contributed by atoms with Gasteiger partial charge in [-0.3, -0.25) is 9.59 Å². The van der Waals surface area contributed by atoms with Gasteiger partial charge in [0.1, 0.15) is 0 Å². The number of carboxylic acid groups (broad SMARTS) is 1. The van der Waals surface area contributed by atoms with Gasteiger partial charge < -0.3 is 10.4 Å². The van der Waals surface area contributed by atoms with Gasteiger partial charge in [0.15, 0.2) is 0 Å². The number of piperidine rings is 1. The molecule has 23 heavy (non-hydrogen) atoms. The van der Waals surface area contributed by atoms with Crippen molar-refractivity contribution in [3.8, 4) is 0 Å². The molecule has 0 radical (unpaired) electrons. The second-order valence-corrected chi connectivity index (χ2v) is 7.85. The summed E-state index contributed by atoms with van der Waals surface area (Å²) in [6, 6.07) is 4.64. The van der Waals surface area contributed by atoms with Gasteiger partial charge in [-0.25, -0.2) is 8.42 Å². The summed E-state index contributed by atoms with van der Waals surface area (Å²) in [6.07, 6.45) is 1.87. The molecule has 0 aromatic heterocycles. The van der Waals surface area contributed by atoms with E-state index in [0.29, 0.717) is 37.9 Å². The molecule has 1 aromatic carbocycles. The average Bonchev–Trinajstić information content (AvgIpc) is 2.54. The Labute approximate surface area is 134 Å². The Bertz CT molecular complexity index is 759. The van der Waals surface area contributed by atoms with Gasteiger partial charge in [-0.2, -0.15) is 4.31 Å². The molecule has 2 aliphatic heterocycles. The number of carbonyl (C=O) groups is 2. The highest BCUT2D eigenvalue weighted by molar-refractivity contribution is 7.89. The highest BCUT2D eigenvalue weighted by Crippen LogP contribution is 2.29. The summed E-state index contributed by atoms with van der Waals surface area (Å²) in [7, 11) is -3.72. The van der Waals surface area contributed by atoms with Crippen LogP contribution in [0.4, 0.5) is 5.69 Å². The van der Waals surface area contributed by atoms with Crippen LogP contribution in [0.5, 0.6) is 0 Å². The maximum Gasteiger partial charge on any atom is 0.307 e. The lowest BCUT2D eigenvalue weighted by Gasteiger charge is -2.30. The third kappa shape index (κ3) is 3.09. The van der Waals surface area contributed by atoms with Crippen molar-refractivity contribution in [2.75, 3.05) is 18.4 Å². The zero-order valence-corrected chi connectivity index (χ0v) is 13.3. The normalized spacial score (nSPS) is 22.3. The lowest BCUT2D eigenvalue weighted by Crippen LogP contribution is -2.42. The van der Waals surface area contributed by atoms with E-state index in [0.717, 1.165) is 5.56 Å². The van der Waals surface area contributed by atoms with Crippen LogP contribution in [0.1, 0.15) is 24.8 Å². The number of carboxylic acids is 1. The Hall–Kier alpha value is -1.93. The van der Waals surface area contributed by atoms with Gasteiger partial charge in [-0.05, 0) is 43.0 Å². The van der Waals surface area contributed by atoms with Crippen molar-refractivity contribution >= 4 is 27.6 Å². The van der Waals surface area contributed by atoms with Crippen LogP contribution in [0.2, 0.25) is 0 Å². The van der Waals surface area contributed by atoms with Crippen molar-refractivity contribution in [2.24, 2.45) is 5.92 Å². The van der Waals surface area contributed by atoms with Crippen LogP contribution in [-0.2, 0) is 26.0 Å². The molecule has 3 rings (SSSR count). The SMILES string of the molecule is O=C1CCc2cc(S(=O)(=O)N3CCC[C@@H](C(=O)O)C3)ccc2N1. The predicted octanol–water partition coefficient (Wildman–Crippen LogP) is 1.06. The number of benzene rings is 1. The molecular formula is C15H18N2O5S. The zero-order chi connectivity index (χ0) is 16.6. The first-order valence-electron chi connectivity index (χ1n) is 7.53.